The maximum absolute atomic E-state index is 5.94. The fourth-order valence-electron chi connectivity index (χ4n) is 3.30. The molecule has 1 fully saturated rings. The van der Waals surface area contributed by atoms with Gasteiger partial charge < -0.3 is 14.2 Å². The smallest absolute Gasteiger partial charge is 0.161 e. The molecular weight excluding hydrogens is 354 g/mol. The first-order chi connectivity index (χ1) is 13.8. The van der Waals surface area contributed by atoms with Crippen LogP contribution in [-0.2, 0) is 4.74 Å². The summed E-state index contributed by atoms with van der Waals surface area (Å²) >= 11 is 0. The van der Waals surface area contributed by atoms with Gasteiger partial charge in [-0.2, -0.15) is 5.10 Å². The highest BCUT2D eigenvalue weighted by atomic mass is 16.5. The van der Waals surface area contributed by atoms with Crippen molar-refractivity contribution in [3.8, 4) is 11.5 Å². The Morgan fingerprint density at radius 1 is 1.11 bits per heavy atom. The number of nitrogens with one attached hydrogen (secondary N) is 1. The summed E-state index contributed by atoms with van der Waals surface area (Å²) < 4.78 is 16.8. The number of morpholine rings is 1. The molecule has 1 aromatic heterocycles. The highest BCUT2D eigenvalue weighted by Crippen LogP contribution is 2.29. The topological polar surface area (TPSA) is 59.6 Å². The van der Waals surface area contributed by atoms with Crippen molar-refractivity contribution < 1.29 is 14.2 Å². The normalized spacial score (nSPS) is 15.3. The van der Waals surface area contributed by atoms with E-state index in [1.54, 1.807) is 7.11 Å². The fourth-order valence-corrected chi connectivity index (χ4v) is 3.30. The van der Waals surface area contributed by atoms with Crippen molar-refractivity contribution in [2.24, 2.45) is 0 Å². The van der Waals surface area contributed by atoms with Gasteiger partial charge in [-0.05, 0) is 29.8 Å². The lowest BCUT2D eigenvalue weighted by Gasteiger charge is -2.26. The zero-order chi connectivity index (χ0) is 19.2. The van der Waals surface area contributed by atoms with E-state index in [-0.39, 0.29) is 0 Å². The number of para-hydroxylation sites is 1. The first-order valence-corrected chi connectivity index (χ1v) is 9.55. The molecule has 0 amide bonds. The van der Waals surface area contributed by atoms with Crippen LogP contribution in [0.15, 0.2) is 42.5 Å². The lowest BCUT2D eigenvalue weighted by molar-refractivity contribution is 0.0321. The standard InChI is InChI=1S/C22H25N3O3/c1-26-22-16-17(6-8-20-18-4-2-3-5-19(18)23-24-20)7-9-21(22)28-15-12-25-10-13-27-14-11-25/h2-9,16H,10-15H2,1H3,(H,23,24)/b8-6+. The summed E-state index contributed by atoms with van der Waals surface area (Å²) in [6.07, 6.45) is 4.04. The number of nitrogens with zero attached hydrogens (tertiary/aromatic N) is 2. The van der Waals surface area contributed by atoms with Crippen LogP contribution in [-0.4, -0.2) is 61.7 Å². The second kappa shape index (κ2) is 8.91. The molecule has 6 heteroatoms. The Bertz CT molecular complexity index is 945. The Balaban J connectivity index is 1.41. The lowest BCUT2D eigenvalue weighted by atomic mass is 10.1. The average Bonchev–Trinajstić information content (AvgIpc) is 3.17. The molecule has 2 aromatic carbocycles. The summed E-state index contributed by atoms with van der Waals surface area (Å²) in [5, 5.41) is 8.53. The molecule has 28 heavy (non-hydrogen) atoms. The zero-order valence-corrected chi connectivity index (χ0v) is 16.1. The van der Waals surface area contributed by atoms with E-state index in [0.29, 0.717) is 6.61 Å². The van der Waals surface area contributed by atoms with Crippen molar-refractivity contribution in [2.45, 2.75) is 0 Å². The van der Waals surface area contributed by atoms with Gasteiger partial charge in [-0.1, -0.05) is 30.3 Å². The molecule has 1 saturated heterocycles. The van der Waals surface area contributed by atoms with Crippen LogP contribution in [0.3, 0.4) is 0 Å². The Morgan fingerprint density at radius 2 is 1.96 bits per heavy atom. The van der Waals surface area contributed by atoms with E-state index in [9.17, 15) is 0 Å². The molecule has 0 aliphatic carbocycles. The molecule has 0 saturated carbocycles. The first-order valence-electron chi connectivity index (χ1n) is 9.55. The molecule has 3 aromatic rings. The molecule has 4 rings (SSSR count). The van der Waals surface area contributed by atoms with Crippen molar-refractivity contribution >= 4 is 23.1 Å². The van der Waals surface area contributed by atoms with Gasteiger partial charge in [-0.3, -0.25) is 10.00 Å². The van der Waals surface area contributed by atoms with E-state index in [4.69, 9.17) is 14.2 Å². The van der Waals surface area contributed by atoms with Gasteiger partial charge >= 0.3 is 0 Å². The molecule has 1 N–H and O–H groups in total. The number of methoxy groups -OCH3 is 1. The maximum atomic E-state index is 5.94. The first kappa shape index (κ1) is 18.5. The SMILES string of the molecule is COc1cc(/C=C/c2n[nH]c3ccccc23)ccc1OCCN1CCOCC1. The van der Waals surface area contributed by atoms with E-state index in [1.807, 2.05) is 48.6 Å². The minimum absolute atomic E-state index is 0.630. The Morgan fingerprint density at radius 3 is 2.82 bits per heavy atom. The second-order valence-corrected chi connectivity index (χ2v) is 6.70. The Kier molecular flexibility index (Phi) is 5.89. The largest absolute Gasteiger partial charge is 0.493 e. The fraction of sp³-hybridized carbons (Fsp3) is 0.318. The number of aromatic amines is 1. The van der Waals surface area contributed by atoms with Gasteiger partial charge in [-0.25, -0.2) is 0 Å². The summed E-state index contributed by atoms with van der Waals surface area (Å²) in [6.45, 7) is 5.05. The molecule has 0 spiro atoms. The van der Waals surface area contributed by atoms with Gasteiger partial charge in [0.05, 0.1) is 31.5 Å². The predicted octanol–water partition coefficient (Wildman–Crippen LogP) is 3.45. The Hall–Kier alpha value is -2.83. The number of fused-ring (bicyclic) bond motifs is 1. The van der Waals surface area contributed by atoms with Crippen LogP contribution >= 0.6 is 0 Å². The minimum Gasteiger partial charge on any atom is -0.493 e. The molecule has 6 nitrogen and oxygen atoms in total. The molecule has 0 radical (unpaired) electrons. The summed E-state index contributed by atoms with van der Waals surface area (Å²) in [5.41, 5.74) is 2.98. The van der Waals surface area contributed by atoms with E-state index in [0.717, 1.165) is 66.5 Å². The molecular formula is C22H25N3O3. The van der Waals surface area contributed by atoms with Crippen LogP contribution in [0, 0.1) is 0 Å². The number of H-pyrrole nitrogens is 1. The van der Waals surface area contributed by atoms with Crippen LogP contribution in [0.4, 0.5) is 0 Å². The monoisotopic (exact) mass is 379 g/mol. The van der Waals surface area contributed by atoms with Crippen LogP contribution in [0.1, 0.15) is 11.3 Å². The van der Waals surface area contributed by atoms with Gasteiger partial charge in [-0.15, -0.1) is 0 Å². The van der Waals surface area contributed by atoms with E-state index >= 15 is 0 Å². The molecule has 0 bridgehead atoms. The third kappa shape index (κ3) is 4.35. The molecule has 0 unspecified atom stereocenters. The molecule has 2 heterocycles. The van der Waals surface area contributed by atoms with E-state index < -0.39 is 0 Å². The molecule has 1 aliphatic rings. The number of ether oxygens (including phenoxy) is 3. The van der Waals surface area contributed by atoms with E-state index in [1.165, 1.54) is 0 Å². The molecule has 0 atom stereocenters. The number of rotatable bonds is 7. The van der Waals surface area contributed by atoms with Crippen molar-refractivity contribution in [2.75, 3.05) is 46.6 Å². The molecule has 146 valence electrons. The highest BCUT2D eigenvalue weighted by Gasteiger charge is 2.11. The number of hydrogen-bond acceptors (Lipinski definition) is 5. The summed E-state index contributed by atoms with van der Waals surface area (Å²) in [5.74, 6) is 1.49. The van der Waals surface area contributed by atoms with Gasteiger partial charge in [0.2, 0.25) is 0 Å². The van der Waals surface area contributed by atoms with Crippen LogP contribution in [0.2, 0.25) is 0 Å². The third-order valence-corrected chi connectivity index (χ3v) is 4.89. The van der Waals surface area contributed by atoms with Crippen molar-refractivity contribution in [1.29, 1.82) is 0 Å². The Labute approximate surface area is 164 Å². The van der Waals surface area contributed by atoms with Crippen LogP contribution < -0.4 is 9.47 Å². The lowest BCUT2D eigenvalue weighted by Crippen LogP contribution is -2.38. The van der Waals surface area contributed by atoms with Gasteiger partial charge in [0, 0.05) is 25.0 Å². The maximum Gasteiger partial charge on any atom is 0.161 e. The van der Waals surface area contributed by atoms with Crippen LogP contribution in [0.5, 0.6) is 11.5 Å². The summed E-state index contributed by atoms with van der Waals surface area (Å²) in [6, 6.07) is 14.1. The number of hydrogen-bond donors (Lipinski definition) is 1. The van der Waals surface area contributed by atoms with Crippen molar-refractivity contribution in [3.05, 3.63) is 53.7 Å². The predicted molar refractivity (Wildman–Crippen MR) is 111 cm³/mol. The number of benzene rings is 2. The average molecular weight is 379 g/mol. The zero-order valence-electron chi connectivity index (χ0n) is 16.1. The van der Waals surface area contributed by atoms with Gasteiger partial charge in [0.15, 0.2) is 11.5 Å². The van der Waals surface area contributed by atoms with Gasteiger partial charge in [0.25, 0.3) is 0 Å². The van der Waals surface area contributed by atoms with Crippen molar-refractivity contribution in [3.63, 3.8) is 0 Å². The van der Waals surface area contributed by atoms with E-state index in [2.05, 4.69) is 21.2 Å². The minimum atomic E-state index is 0.630. The third-order valence-electron chi connectivity index (χ3n) is 4.89. The molecule has 1 aliphatic heterocycles. The quantitative estimate of drug-likeness (QED) is 0.681. The summed E-state index contributed by atoms with van der Waals surface area (Å²) in [7, 11) is 1.67. The van der Waals surface area contributed by atoms with Gasteiger partial charge in [0.1, 0.15) is 6.61 Å². The van der Waals surface area contributed by atoms with Crippen molar-refractivity contribution in [1.82, 2.24) is 15.1 Å². The van der Waals surface area contributed by atoms with Crippen LogP contribution in [0.25, 0.3) is 23.1 Å². The highest BCUT2D eigenvalue weighted by molar-refractivity contribution is 5.89. The second-order valence-electron chi connectivity index (χ2n) is 6.70. The summed E-state index contributed by atoms with van der Waals surface area (Å²) in [4.78, 5) is 2.35. The number of aromatic nitrogens is 2.